The second-order valence-electron chi connectivity index (χ2n) is 4.37. The number of aromatic nitrogens is 1. The van der Waals surface area contributed by atoms with E-state index in [0.29, 0.717) is 11.2 Å². The zero-order valence-electron chi connectivity index (χ0n) is 12.8. The van der Waals surface area contributed by atoms with Crippen LogP contribution < -0.4 is 4.72 Å². The molecule has 4 nitrogen and oxygen atoms in total. The average molecular weight is 385 g/mol. The van der Waals surface area contributed by atoms with Gasteiger partial charge in [-0.25, -0.2) is 8.42 Å². The molecule has 0 bridgehead atoms. The molecule has 0 aliphatic heterocycles. The Balaban J connectivity index is 2.11. The number of benzene rings is 1. The molecule has 108 valence electrons. The number of pyridine rings is 1. The molecule has 0 saturated carbocycles. The molecule has 21 heavy (non-hydrogen) atoms. The number of nitrogens with one attached hydrogen (secondary N) is 1. The molecule has 2 aromatic heterocycles. The van der Waals surface area contributed by atoms with Gasteiger partial charge in [0, 0.05) is 20.9 Å². The lowest BCUT2D eigenvalue weighted by Gasteiger charge is -2.09. The third-order valence-corrected chi connectivity index (χ3v) is 6.03. The van der Waals surface area contributed by atoms with E-state index in [4.69, 9.17) is 2.74 Å². The maximum atomic E-state index is 12.6. The standard InChI is InChI=1S/C14H11BrN2O2S2/c1-9-5-6-10-3-2-4-12(14(10)16-9)17-21(18,19)13-7-11(15)8-20-13/h2-8,17H,1H3/i7D,8D. The van der Waals surface area contributed by atoms with Crippen LogP contribution in [0, 0.1) is 6.92 Å². The third-order valence-electron chi connectivity index (χ3n) is 2.79. The van der Waals surface area contributed by atoms with Gasteiger partial charge in [-0.05, 0) is 41.0 Å². The van der Waals surface area contributed by atoms with Gasteiger partial charge in [0.2, 0.25) is 0 Å². The van der Waals surface area contributed by atoms with E-state index in [1.807, 2.05) is 25.1 Å². The molecule has 3 rings (SSSR count). The fourth-order valence-electron chi connectivity index (χ4n) is 1.87. The molecule has 0 unspecified atom stereocenters. The lowest BCUT2D eigenvalue weighted by Crippen LogP contribution is -2.12. The summed E-state index contributed by atoms with van der Waals surface area (Å²) in [7, 11) is -3.96. The van der Waals surface area contributed by atoms with Crippen LogP contribution in [0.15, 0.2) is 50.4 Å². The molecule has 2 heterocycles. The van der Waals surface area contributed by atoms with Gasteiger partial charge in [0.25, 0.3) is 10.0 Å². The molecule has 0 atom stereocenters. The number of para-hydroxylation sites is 1. The Morgan fingerprint density at radius 1 is 1.33 bits per heavy atom. The van der Waals surface area contributed by atoms with Crippen molar-refractivity contribution in [2.24, 2.45) is 0 Å². The summed E-state index contributed by atoms with van der Waals surface area (Å²) in [6.07, 6.45) is 0. The van der Waals surface area contributed by atoms with Crippen molar-refractivity contribution in [1.82, 2.24) is 4.98 Å². The van der Waals surface area contributed by atoms with Crippen molar-refractivity contribution in [2.45, 2.75) is 11.1 Å². The second kappa shape index (κ2) is 5.40. The molecule has 1 N–H and O–H groups in total. The van der Waals surface area contributed by atoms with E-state index in [1.54, 1.807) is 12.1 Å². The quantitative estimate of drug-likeness (QED) is 0.736. The summed E-state index contributed by atoms with van der Waals surface area (Å²) in [6.45, 7) is 1.83. The van der Waals surface area contributed by atoms with Gasteiger partial charge in [-0.3, -0.25) is 9.71 Å². The summed E-state index contributed by atoms with van der Waals surface area (Å²) in [6, 6.07) is 8.72. The Labute approximate surface area is 137 Å². The summed E-state index contributed by atoms with van der Waals surface area (Å²) in [5, 5.41) is 0.817. The number of fused-ring (bicyclic) bond motifs is 1. The summed E-state index contributed by atoms with van der Waals surface area (Å²) >= 11 is 3.80. The van der Waals surface area contributed by atoms with E-state index in [-0.39, 0.29) is 20.1 Å². The minimum absolute atomic E-state index is 0.00210. The topological polar surface area (TPSA) is 59.1 Å². The molecule has 1 aromatic carbocycles. The van der Waals surface area contributed by atoms with Crippen LogP contribution in [-0.4, -0.2) is 13.4 Å². The van der Waals surface area contributed by atoms with Crippen molar-refractivity contribution in [1.29, 1.82) is 0 Å². The highest BCUT2D eigenvalue weighted by Gasteiger charge is 2.18. The van der Waals surface area contributed by atoms with Crippen LogP contribution in [-0.2, 0) is 10.0 Å². The van der Waals surface area contributed by atoms with Crippen molar-refractivity contribution in [3.8, 4) is 0 Å². The van der Waals surface area contributed by atoms with Crippen molar-refractivity contribution >= 4 is 53.9 Å². The number of nitrogens with zero attached hydrogens (tertiary/aromatic N) is 1. The molecule has 0 aliphatic carbocycles. The van der Waals surface area contributed by atoms with Crippen LogP contribution in [0.1, 0.15) is 8.44 Å². The molecule has 3 aromatic rings. The number of hydrogen-bond donors (Lipinski definition) is 1. The SMILES string of the molecule is [2H]c1sc(S(=O)(=O)Nc2cccc3ccc(C)nc23)c([2H])c1Br. The van der Waals surface area contributed by atoms with E-state index in [0.717, 1.165) is 22.4 Å². The summed E-state index contributed by atoms with van der Waals surface area (Å²) in [4.78, 5) is 4.38. The molecule has 0 spiro atoms. The van der Waals surface area contributed by atoms with Crippen LogP contribution in [0.4, 0.5) is 5.69 Å². The zero-order chi connectivity index (χ0) is 16.8. The predicted octanol–water partition coefficient (Wildman–Crippen LogP) is 4.17. The van der Waals surface area contributed by atoms with E-state index < -0.39 is 10.0 Å². The lowest BCUT2D eigenvalue weighted by molar-refractivity contribution is 0.603. The molecule has 0 aliphatic rings. The van der Waals surface area contributed by atoms with Crippen LogP contribution in [0.25, 0.3) is 10.9 Å². The fraction of sp³-hybridized carbons (Fsp3) is 0.0714. The van der Waals surface area contributed by atoms with Gasteiger partial charge in [0.15, 0.2) is 0 Å². The van der Waals surface area contributed by atoms with Gasteiger partial charge in [-0.1, -0.05) is 18.2 Å². The van der Waals surface area contributed by atoms with Gasteiger partial charge in [-0.2, -0.15) is 0 Å². The number of thiophene rings is 1. The smallest absolute Gasteiger partial charge is 0.271 e. The Hall–Kier alpha value is -1.44. The highest BCUT2D eigenvalue weighted by molar-refractivity contribution is 9.10. The van der Waals surface area contributed by atoms with Gasteiger partial charge in [0.1, 0.15) is 4.21 Å². The van der Waals surface area contributed by atoms with Crippen LogP contribution in [0.5, 0.6) is 0 Å². The number of aryl methyl sites for hydroxylation is 1. The van der Waals surface area contributed by atoms with Crippen molar-refractivity contribution in [2.75, 3.05) is 4.72 Å². The maximum Gasteiger partial charge on any atom is 0.271 e. The Kier molecular flexibility index (Phi) is 3.12. The van der Waals surface area contributed by atoms with Gasteiger partial charge in [0.05, 0.1) is 13.9 Å². The van der Waals surface area contributed by atoms with Crippen molar-refractivity contribution in [3.63, 3.8) is 0 Å². The Morgan fingerprint density at radius 3 is 2.86 bits per heavy atom. The lowest BCUT2D eigenvalue weighted by atomic mass is 10.2. The minimum Gasteiger partial charge on any atom is -0.277 e. The summed E-state index contributed by atoms with van der Waals surface area (Å²) < 4.78 is 43.1. The van der Waals surface area contributed by atoms with E-state index in [9.17, 15) is 8.42 Å². The molecular formula is C14H11BrN2O2S2. The first-order valence-corrected chi connectivity index (χ1v) is 9.03. The average Bonchev–Trinajstić information content (AvgIpc) is 2.76. The van der Waals surface area contributed by atoms with Gasteiger partial charge < -0.3 is 0 Å². The van der Waals surface area contributed by atoms with Crippen LogP contribution in [0.3, 0.4) is 0 Å². The van der Waals surface area contributed by atoms with Crippen LogP contribution >= 0.6 is 27.3 Å². The summed E-state index contributed by atoms with van der Waals surface area (Å²) in [5.74, 6) is 0. The highest BCUT2D eigenvalue weighted by Crippen LogP contribution is 2.28. The Bertz CT molecular complexity index is 1020. The normalized spacial score (nSPS) is 13.0. The first kappa shape index (κ1) is 12.1. The first-order valence-electron chi connectivity index (χ1n) is 6.94. The molecule has 7 heteroatoms. The second-order valence-corrected chi connectivity index (χ2v) is 7.85. The number of sulfonamides is 1. The highest BCUT2D eigenvalue weighted by atomic mass is 79.9. The predicted molar refractivity (Wildman–Crippen MR) is 89.3 cm³/mol. The summed E-state index contributed by atoms with van der Waals surface area (Å²) in [5.41, 5.74) is 1.67. The number of hydrogen-bond acceptors (Lipinski definition) is 4. The largest absolute Gasteiger partial charge is 0.277 e. The number of anilines is 1. The molecule has 0 fully saturated rings. The van der Waals surface area contributed by atoms with Crippen molar-refractivity contribution in [3.05, 3.63) is 51.9 Å². The molecule has 0 radical (unpaired) electrons. The molecular weight excluding hydrogens is 372 g/mol. The van der Waals surface area contributed by atoms with Gasteiger partial charge in [-0.15, -0.1) is 11.3 Å². The monoisotopic (exact) mass is 384 g/mol. The number of halogens is 1. The van der Waals surface area contributed by atoms with Crippen molar-refractivity contribution < 1.29 is 11.2 Å². The fourth-order valence-corrected chi connectivity index (χ4v) is 4.43. The minimum atomic E-state index is -3.96. The maximum absolute atomic E-state index is 12.6. The van der Waals surface area contributed by atoms with E-state index in [2.05, 4.69) is 25.6 Å². The van der Waals surface area contributed by atoms with E-state index >= 15 is 0 Å². The first-order chi connectivity index (χ1) is 10.8. The molecule has 0 amide bonds. The Morgan fingerprint density at radius 2 is 2.14 bits per heavy atom. The molecule has 0 saturated heterocycles. The third kappa shape index (κ3) is 2.95. The van der Waals surface area contributed by atoms with Crippen LogP contribution in [0.2, 0.25) is 0 Å². The van der Waals surface area contributed by atoms with Gasteiger partial charge >= 0.3 is 0 Å². The number of rotatable bonds is 3. The zero-order valence-corrected chi connectivity index (χ0v) is 14.1. The van der Waals surface area contributed by atoms with E-state index in [1.165, 1.54) is 0 Å².